The molecule has 1 aliphatic rings. The zero-order valence-corrected chi connectivity index (χ0v) is 26.1. The van der Waals surface area contributed by atoms with Crippen LogP contribution in [-0.2, 0) is 10.8 Å². The van der Waals surface area contributed by atoms with Crippen molar-refractivity contribution < 1.29 is 13.7 Å². The average Bonchev–Trinajstić information content (AvgIpc) is 3.42. The molecule has 0 bridgehead atoms. The van der Waals surface area contributed by atoms with Gasteiger partial charge in [-0.1, -0.05) is 48.5 Å². The molecule has 6 aromatic carbocycles. The molecule has 0 aliphatic carbocycles. The van der Waals surface area contributed by atoms with Gasteiger partial charge in [-0.2, -0.15) is 0 Å². The summed E-state index contributed by atoms with van der Waals surface area (Å²) in [6.07, 6.45) is 0. The van der Waals surface area contributed by atoms with Crippen LogP contribution in [0.25, 0.3) is 58.8 Å². The molecular formula is C39H23NO4S2. The van der Waals surface area contributed by atoms with Crippen molar-refractivity contribution in [3.8, 4) is 22.6 Å². The third kappa shape index (κ3) is 3.76. The monoisotopic (exact) mass is 633 g/mol. The number of hydrogen-bond donors (Lipinski definition) is 0. The summed E-state index contributed by atoms with van der Waals surface area (Å²) in [6, 6.07) is 38.5. The third-order valence-corrected chi connectivity index (χ3v) is 11.5. The number of ether oxygens (including phenoxy) is 1. The van der Waals surface area contributed by atoms with Crippen molar-refractivity contribution in [1.82, 2.24) is 4.57 Å². The van der Waals surface area contributed by atoms with Crippen LogP contribution in [0.4, 0.5) is 0 Å². The molecule has 46 heavy (non-hydrogen) atoms. The van der Waals surface area contributed by atoms with Crippen molar-refractivity contribution in [2.24, 2.45) is 0 Å². The van der Waals surface area contributed by atoms with Crippen LogP contribution in [0.2, 0.25) is 0 Å². The van der Waals surface area contributed by atoms with Crippen molar-refractivity contribution in [1.29, 1.82) is 0 Å². The molecule has 1 atom stereocenters. The highest BCUT2D eigenvalue weighted by molar-refractivity contribution is 7.85. The molecular weight excluding hydrogens is 611 g/mol. The normalized spacial score (nSPS) is 14.2. The Morgan fingerprint density at radius 2 is 1.35 bits per heavy atom. The minimum Gasteiger partial charge on any atom is -0.497 e. The molecule has 8 aromatic rings. The third-order valence-electron chi connectivity index (χ3n) is 8.89. The number of nitrogens with zero attached hydrogens (tertiary/aromatic N) is 1. The van der Waals surface area contributed by atoms with Crippen LogP contribution in [0.1, 0.15) is 15.9 Å². The Morgan fingerprint density at radius 3 is 2.22 bits per heavy atom. The Morgan fingerprint density at radius 1 is 0.652 bits per heavy atom. The number of fused-ring (bicyclic) bond motifs is 7. The predicted molar refractivity (Wildman–Crippen MR) is 186 cm³/mol. The minimum absolute atomic E-state index is 0.00258. The highest BCUT2D eigenvalue weighted by atomic mass is 32.2. The molecule has 0 spiro atoms. The summed E-state index contributed by atoms with van der Waals surface area (Å²) in [6.45, 7) is 0. The molecule has 5 nitrogen and oxygen atoms in total. The van der Waals surface area contributed by atoms with Gasteiger partial charge in [-0.05, 0) is 83.9 Å². The van der Waals surface area contributed by atoms with E-state index in [2.05, 4.69) is 10.6 Å². The Balaban J connectivity index is 1.33. The maximum atomic E-state index is 14.0. The van der Waals surface area contributed by atoms with E-state index in [4.69, 9.17) is 4.74 Å². The lowest BCUT2D eigenvalue weighted by Crippen LogP contribution is -2.17. The number of carbonyl (C=O) groups excluding carboxylic acids is 1. The molecule has 220 valence electrons. The van der Waals surface area contributed by atoms with E-state index in [9.17, 15) is 13.8 Å². The van der Waals surface area contributed by atoms with Crippen molar-refractivity contribution in [3.63, 3.8) is 0 Å². The van der Waals surface area contributed by atoms with Gasteiger partial charge in [0, 0.05) is 36.7 Å². The van der Waals surface area contributed by atoms with E-state index in [0.29, 0.717) is 37.4 Å². The fraction of sp³-hybridized carbons (Fsp3) is 0.0256. The van der Waals surface area contributed by atoms with E-state index in [1.807, 2.05) is 91.0 Å². The number of aromatic nitrogens is 1. The summed E-state index contributed by atoms with van der Waals surface area (Å²) in [4.78, 5) is 28.9. The standard InChI is InChI=1S/C39H23NO4S2/c1-44-23-17-19-30-28(21-23)27-20-22(24-10-6-15-35-36(24)39(42)26-9-3-5-14-34(26)46(35)43)16-18-29(27)40(30)31-11-7-13-33-37(31)38(41)25-8-2-4-12-32(25)45-33/h2-21H,1H3. The second kappa shape index (κ2) is 10.1. The average molecular weight is 634 g/mol. The van der Waals surface area contributed by atoms with E-state index in [1.165, 1.54) is 0 Å². The molecule has 0 saturated heterocycles. The summed E-state index contributed by atoms with van der Waals surface area (Å²) in [5.74, 6) is 0.587. The quantitative estimate of drug-likeness (QED) is 0.182. The number of benzene rings is 6. The first kappa shape index (κ1) is 27.0. The molecule has 2 aromatic heterocycles. The van der Waals surface area contributed by atoms with Gasteiger partial charge in [-0.3, -0.25) is 9.59 Å². The molecule has 9 rings (SSSR count). The SMILES string of the molecule is COc1ccc2c(c1)c1cc(-c3cccc4c3C(=O)c3ccccc3S4=O)ccc1n2-c1cccc2sc3ccccc3c(=O)c12. The Hall–Kier alpha value is -5.37. The maximum absolute atomic E-state index is 14.0. The van der Waals surface area contributed by atoms with E-state index >= 15 is 0 Å². The first-order valence-corrected chi connectivity index (χ1v) is 16.8. The van der Waals surface area contributed by atoms with Crippen LogP contribution in [-0.4, -0.2) is 21.7 Å². The molecule has 0 fully saturated rings. The van der Waals surface area contributed by atoms with Gasteiger partial charge in [0.15, 0.2) is 11.2 Å². The highest BCUT2D eigenvalue weighted by Gasteiger charge is 2.31. The van der Waals surface area contributed by atoms with E-state index in [0.717, 1.165) is 48.0 Å². The molecule has 0 radical (unpaired) electrons. The molecule has 1 unspecified atom stereocenters. The van der Waals surface area contributed by atoms with Gasteiger partial charge in [-0.15, -0.1) is 11.3 Å². The second-order valence-corrected chi connectivity index (χ2v) is 13.8. The van der Waals surface area contributed by atoms with Gasteiger partial charge in [0.2, 0.25) is 0 Å². The molecule has 3 heterocycles. The van der Waals surface area contributed by atoms with Crippen LogP contribution in [0.5, 0.6) is 5.75 Å². The lowest BCUT2D eigenvalue weighted by atomic mass is 9.92. The molecule has 1 aliphatic heterocycles. The highest BCUT2D eigenvalue weighted by Crippen LogP contribution is 2.41. The summed E-state index contributed by atoms with van der Waals surface area (Å²) >= 11 is 1.61. The number of methoxy groups -OCH3 is 1. The zero-order valence-electron chi connectivity index (χ0n) is 24.4. The van der Waals surface area contributed by atoms with Crippen molar-refractivity contribution in [3.05, 3.63) is 143 Å². The second-order valence-electron chi connectivity index (χ2n) is 11.3. The fourth-order valence-electron chi connectivity index (χ4n) is 6.80. The fourth-order valence-corrected chi connectivity index (χ4v) is 9.29. The molecule has 7 heteroatoms. The lowest BCUT2D eigenvalue weighted by Gasteiger charge is -2.20. The Kier molecular flexibility index (Phi) is 5.91. The van der Waals surface area contributed by atoms with Crippen molar-refractivity contribution >= 4 is 69.9 Å². The summed E-state index contributed by atoms with van der Waals surface area (Å²) in [7, 11) is 0.180. The number of ketones is 1. The van der Waals surface area contributed by atoms with Gasteiger partial charge < -0.3 is 9.30 Å². The first-order chi connectivity index (χ1) is 22.5. The van der Waals surface area contributed by atoms with Crippen LogP contribution < -0.4 is 10.2 Å². The molecule has 0 amide bonds. The number of hydrogen-bond acceptors (Lipinski definition) is 5. The van der Waals surface area contributed by atoms with Crippen molar-refractivity contribution in [2.75, 3.05) is 7.11 Å². The van der Waals surface area contributed by atoms with Gasteiger partial charge in [0.25, 0.3) is 0 Å². The lowest BCUT2D eigenvalue weighted by molar-refractivity contribution is 0.103. The maximum Gasteiger partial charge on any atom is 0.197 e. The summed E-state index contributed by atoms with van der Waals surface area (Å²) in [5.41, 5.74) is 5.17. The van der Waals surface area contributed by atoms with Crippen LogP contribution >= 0.6 is 11.3 Å². The predicted octanol–water partition coefficient (Wildman–Crippen LogP) is 8.90. The van der Waals surface area contributed by atoms with Gasteiger partial charge in [0.1, 0.15) is 5.75 Å². The van der Waals surface area contributed by atoms with E-state index in [1.54, 1.807) is 42.7 Å². The number of rotatable bonds is 3. The topological polar surface area (TPSA) is 65.4 Å². The number of carbonyl (C=O) groups is 1. The first-order valence-electron chi connectivity index (χ1n) is 14.8. The van der Waals surface area contributed by atoms with E-state index in [-0.39, 0.29) is 11.2 Å². The minimum atomic E-state index is -1.47. The van der Waals surface area contributed by atoms with E-state index < -0.39 is 10.8 Å². The van der Waals surface area contributed by atoms with Crippen LogP contribution in [0.3, 0.4) is 0 Å². The van der Waals surface area contributed by atoms with Crippen molar-refractivity contribution in [2.45, 2.75) is 9.79 Å². The summed E-state index contributed by atoms with van der Waals surface area (Å²) < 4.78 is 23.3. The molecule has 0 N–H and O–H groups in total. The smallest absolute Gasteiger partial charge is 0.197 e. The largest absolute Gasteiger partial charge is 0.497 e. The van der Waals surface area contributed by atoms with Crippen LogP contribution in [0.15, 0.2) is 136 Å². The van der Waals surface area contributed by atoms with Gasteiger partial charge in [0.05, 0.1) is 49.8 Å². The zero-order chi connectivity index (χ0) is 31.1. The van der Waals surface area contributed by atoms with Gasteiger partial charge in [-0.25, -0.2) is 4.21 Å². The summed E-state index contributed by atoms with van der Waals surface area (Å²) in [5, 5.41) is 3.28. The Labute approximate surface area is 269 Å². The van der Waals surface area contributed by atoms with Crippen LogP contribution in [0, 0.1) is 0 Å². The Bertz CT molecular complexity index is 2700. The molecule has 0 saturated carbocycles. The van der Waals surface area contributed by atoms with Gasteiger partial charge >= 0.3 is 0 Å².